The summed E-state index contributed by atoms with van der Waals surface area (Å²) in [4.78, 5) is 11.2. The third kappa shape index (κ3) is 6.24. The summed E-state index contributed by atoms with van der Waals surface area (Å²) in [5.41, 5.74) is 2.09. The molecule has 0 bridgehead atoms. The maximum atomic E-state index is 14.2. The lowest BCUT2D eigenvalue weighted by molar-refractivity contribution is -0.138. The first-order chi connectivity index (χ1) is 20.6. The minimum atomic E-state index is -4.53. The van der Waals surface area contributed by atoms with Crippen molar-refractivity contribution in [3.8, 4) is 28.4 Å². The molecule has 1 N–H and O–H groups in total. The van der Waals surface area contributed by atoms with Gasteiger partial charge in [0, 0.05) is 36.9 Å². The lowest BCUT2D eigenvalue weighted by atomic mass is 9.91. The van der Waals surface area contributed by atoms with Crippen LogP contribution in [0, 0.1) is 0 Å². The predicted octanol–water partition coefficient (Wildman–Crippen LogP) is 6.53. The number of carboxylic acids is 1. The Morgan fingerprint density at radius 1 is 1.00 bits per heavy atom. The van der Waals surface area contributed by atoms with Crippen LogP contribution in [0.15, 0.2) is 54.6 Å². The molecule has 43 heavy (non-hydrogen) atoms. The van der Waals surface area contributed by atoms with Gasteiger partial charge in [0.15, 0.2) is 0 Å². The molecular weight excluding hydrogens is 583 g/mol. The van der Waals surface area contributed by atoms with Crippen LogP contribution in [-0.2, 0) is 28.4 Å². The maximum absolute atomic E-state index is 14.2. The van der Waals surface area contributed by atoms with E-state index >= 15 is 0 Å². The van der Waals surface area contributed by atoms with Crippen LogP contribution in [-0.4, -0.2) is 51.6 Å². The second-order valence-corrected chi connectivity index (χ2v) is 12.6. The zero-order valence-corrected chi connectivity index (χ0v) is 24.4. The maximum Gasteiger partial charge on any atom is 0.417 e. The average Bonchev–Trinajstić information content (AvgIpc) is 3.56. The van der Waals surface area contributed by atoms with E-state index in [9.17, 15) is 22.2 Å². The van der Waals surface area contributed by atoms with E-state index in [0.29, 0.717) is 59.9 Å². The van der Waals surface area contributed by atoms with Gasteiger partial charge in [0.2, 0.25) is 0 Å². The Morgan fingerprint density at radius 3 is 2.37 bits per heavy atom. The summed E-state index contributed by atoms with van der Waals surface area (Å²) >= 11 is 0. The molecule has 1 unspecified atom stereocenters. The van der Waals surface area contributed by atoms with Crippen molar-refractivity contribution in [1.82, 2.24) is 4.31 Å². The second kappa shape index (κ2) is 11.8. The van der Waals surface area contributed by atoms with Gasteiger partial charge in [-0.1, -0.05) is 24.3 Å². The molecule has 3 aromatic carbocycles. The number of nitrogens with zero attached hydrogens (tertiary/aromatic N) is 1. The van der Waals surface area contributed by atoms with Crippen LogP contribution in [0.2, 0.25) is 0 Å². The number of hydrogen-bond donors (Lipinski definition) is 1. The van der Waals surface area contributed by atoms with Gasteiger partial charge in [0.05, 0.1) is 29.6 Å². The summed E-state index contributed by atoms with van der Waals surface area (Å²) in [6.45, 7) is 1.62. The lowest BCUT2D eigenvalue weighted by Gasteiger charge is -2.30. The number of carboxylic acid groups (broad SMARTS) is 1. The number of aliphatic carboxylic acids is 1. The molecule has 0 radical (unpaired) electrons. The van der Waals surface area contributed by atoms with Crippen LogP contribution in [0.3, 0.4) is 0 Å². The standard InChI is InChI=1S/C32H32F3NO6S/c1-43(39)36-14-12-22(13-15-36)41-21-4-2-19(3-5-21)31-26-9-11-28(25(26)8-10-27(31)32(33,34)35)42-23-6-7-24-20(16-30(37)38)18-40-29(24)17-23/h2-8,10,17,20,22,28H,9,11-16,18H2,1H3,(H,37,38)/t20-,28-,43?/m1/s1. The minimum Gasteiger partial charge on any atom is -0.492 e. The van der Waals surface area contributed by atoms with Crippen LogP contribution in [0.1, 0.15) is 60.0 Å². The smallest absolute Gasteiger partial charge is 0.417 e. The molecule has 0 aromatic heterocycles. The molecule has 7 nitrogen and oxygen atoms in total. The average molecular weight is 616 g/mol. The molecular formula is C32H32F3NO6S. The topological polar surface area (TPSA) is 85.3 Å². The van der Waals surface area contributed by atoms with Gasteiger partial charge in [-0.2, -0.15) is 13.2 Å². The van der Waals surface area contributed by atoms with Crippen LogP contribution in [0.4, 0.5) is 13.2 Å². The van der Waals surface area contributed by atoms with Gasteiger partial charge in [-0.25, -0.2) is 8.51 Å². The summed E-state index contributed by atoms with van der Waals surface area (Å²) < 4.78 is 74.3. The number of rotatable bonds is 8. The van der Waals surface area contributed by atoms with Crippen LogP contribution in [0.25, 0.3) is 11.1 Å². The van der Waals surface area contributed by atoms with Crippen LogP contribution >= 0.6 is 0 Å². The minimum absolute atomic E-state index is 0.0257. The predicted molar refractivity (Wildman–Crippen MR) is 155 cm³/mol. The third-order valence-electron chi connectivity index (χ3n) is 8.43. The number of piperidine rings is 1. The molecule has 0 amide bonds. The molecule has 1 fully saturated rings. The first-order valence-electron chi connectivity index (χ1n) is 14.3. The highest BCUT2D eigenvalue weighted by molar-refractivity contribution is 7.81. The van der Waals surface area contributed by atoms with E-state index in [1.165, 1.54) is 6.07 Å². The van der Waals surface area contributed by atoms with Gasteiger partial charge >= 0.3 is 12.1 Å². The van der Waals surface area contributed by atoms with Gasteiger partial charge in [0.1, 0.15) is 29.5 Å². The number of ether oxygens (including phenoxy) is 3. The number of halogens is 3. The molecule has 3 aliphatic rings. The Bertz CT molecular complexity index is 1540. The summed E-state index contributed by atoms with van der Waals surface area (Å²) in [7, 11) is -1.01. The summed E-state index contributed by atoms with van der Waals surface area (Å²) in [6.07, 6.45) is -0.968. The van der Waals surface area contributed by atoms with Crippen molar-refractivity contribution in [2.24, 2.45) is 0 Å². The van der Waals surface area contributed by atoms with E-state index in [0.717, 1.165) is 24.5 Å². The summed E-state index contributed by atoms with van der Waals surface area (Å²) in [6, 6.07) is 14.7. The molecule has 2 heterocycles. The Hall–Kier alpha value is -3.57. The fourth-order valence-electron chi connectivity index (χ4n) is 6.33. The van der Waals surface area contributed by atoms with Crippen molar-refractivity contribution in [2.45, 2.75) is 56.4 Å². The third-order valence-corrected chi connectivity index (χ3v) is 9.52. The number of fused-ring (bicyclic) bond motifs is 2. The SMILES string of the molecule is CS(=O)N1CCC(Oc2ccc(-c3c(C(F)(F)F)ccc4c3CC[C@H]4Oc3ccc4c(c3)OC[C@H]4CC(=O)O)cc2)CC1. The van der Waals surface area contributed by atoms with Crippen molar-refractivity contribution in [2.75, 3.05) is 26.0 Å². The number of hydrogen-bond acceptors (Lipinski definition) is 5. The van der Waals surface area contributed by atoms with Crippen LogP contribution < -0.4 is 14.2 Å². The molecule has 1 saturated heterocycles. The lowest BCUT2D eigenvalue weighted by Crippen LogP contribution is -2.38. The second-order valence-electron chi connectivity index (χ2n) is 11.2. The van der Waals surface area contributed by atoms with Crippen LogP contribution in [0.5, 0.6) is 17.2 Å². The van der Waals surface area contributed by atoms with Crippen molar-refractivity contribution >= 4 is 17.0 Å². The molecule has 11 heteroatoms. The van der Waals surface area contributed by atoms with Gasteiger partial charge in [-0.15, -0.1) is 0 Å². The fraction of sp³-hybridized carbons (Fsp3) is 0.406. The Morgan fingerprint density at radius 2 is 1.70 bits per heavy atom. The highest BCUT2D eigenvalue weighted by Gasteiger charge is 2.38. The first kappa shape index (κ1) is 29.5. The summed E-state index contributed by atoms with van der Waals surface area (Å²) in [5.74, 6) is 0.559. The Balaban J connectivity index is 1.22. The number of alkyl halides is 3. The van der Waals surface area contributed by atoms with Gasteiger partial charge in [-0.3, -0.25) is 4.79 Å². The largest absolute Gasteiger partial charge is 0.492 e. The van der Waals surface area contributed by atoms with Gasteiger partial charge in [0.25, 0.3) is 0 Å². The van der Waals surface area contributed by atoms with E-state index < -0.39 is 34.8 Å². The molecule has 228 valence electrons. The molecule has 6 rings (SSSR count). The molecule has 1 aliphatic carbocycles. The van der Waals surface area contributed by atoms with Crippen molar-refractivity contribution < 1.29 is 41.5 Å². The van der Waals surface area contributed by atoms with E-state index in [-0.39, 0.29) is 30.6 Å². The highest BCUT2D eigenvalue weighted by atomic mass is 32.2. The Labute approximate surface area is 250 Å². The monoisotopic (exact) mass is 615 g/mol. The molecule has 0 saturated carbocycles. The summed E-state index contributed by atoms with van der Waals surface area (Å²) in [5, 5.41) is 9.15. The molecule has 3 atom stereocenters. The van der Waals surface area contributed by atoms with E-state index in [2.05, 4.69) is 0 Å². The number of carbonyl (C=O) groups is 1. The van der Waals surface area contributed by atoms with Crippen molar-refractivity contribution in [1.29, 1.82) is 0 Å². The van der Waals surface area contributed by atoms with Gasteiger partial charge in [-0.05, 0) is 72.2 Å². The Kier molecular flexibility index (Phi) is 8.12. The van der Waals surface area contributed by atoms with Crippen molar-refractivity contribution in [3.63, 3.8) is 0 Å². The fourth-order valence-corrected chi connectivity index (χ4v) is 7.05. The quantitative estimate of drug-likeness (QED) is 0.311. The van der Waals surface area contributed by atoms with E-state index in [4.69, 9.17) is 19.3 Å². The first-order valence-corrected chi connectivity index (χ1v) is 15.8. The van der Waals surface area contributed by atoms with E-state index in [1.54, 1.807) is 48.7 Å². The zero-order chi connectivity index (χ0) is 30.3. The molecule has 2 aliphatic heterocycles. The molecule has 3 aromatic rings. The number of benzene rings is 3. The van der Waals surface area contributed by atoms with Gasteiger partial charge < -0.3 is 19.3 Å². The van der Waals surface area contributed by atoms with E-state index in [1.807, 2.05) is 4.31 Å². The highest BCUT2D eigenvalue weighted by Crippen LogP contribution is 2.47. The zero-order valence-electron chi connectivity index (χ0n) is 23.6. The normalized spacial score (nSPS) is 21.1. The van der Waals surface area contributed by atoms with Crippen molar-refractivity contribution in [3.05, 3.63) is 76.9 Å². The molecule has 0 spiro atoms.